The lowest BCUT2D eigenvalue weighted by Gasteiger charge is -2.46. The Balaban J connectivity index is 0.000000199. The van der Waals surface area contributed by atoms with E-state index < -0.39 is 45.2 Å². The molecule has 1 unspecified atom stereocenters. The van der Waals surface area contributed by atoms with Gasteiger partial charge in [-0.1, -0.05) is 36.7 Å². The SMILES string of the molecule is CCOC(=O)c1cn(C)[nH]c1=O.CCOC(=O)c1cn(C)nc1OCCN1CCOCC1.CO[C@H]1/C=C/C[C@H](C)CS(=O)(NC(=O)c2cn(C)nc2OCCN2CCOCC2)=NC(=O)c2ccc3c(c2)N(C[C@@H]2CC[C@H]21)C[C@@]1(CCCc2cc(Cl)ccc21)CO3.Cn1cc(C(=O)O)c(OCCN2CCOCC2)n1. The summed E-state index contributed by atoms with van der Waals surface area (Å²) in [5.41, 5.74) is 3.53. The number of anilines is 1. The van der Waals surface area contributed by atoms with Crippen molar-refractivity contribution in [2.24, 2.45) is 50.3 Å². The molecule has 4 aromatic heterocycles. The number of ether oxygens (including phenoxy) is 10. The maximum Gasteiger partial charge on any atom is 0.345 e. The number of carboxylic acid groups (broad SMARTS) is 1. The van der Waals surface area contributed by atoms with Gasteiger partial charge < -0.3 is 57.4 Å². The Kier molecular flexibility index (Phi) is 29.6. The molecule has 7 aliphatic rings. The van der Waals surface area contributed by atoms with Gasteiger partial charge in [-0.05, 0) is 112 Å². The predicted octanol–water partition coefficient (Wildman–Crippen LogP) is 5.88. The van der Waals surface area contributed by atoms with Gasteiger partial charge in [0.05, 0.1) is 77.0 Å². The molecule has 3 saturated heterocycles. The number of methoxy groups -OCH3 is 1. The van der Waals surface area contributed by atoms with E-state index in [4.69, 9.17) is 59.3 Å². The third-order valence-electron chi connectivity index (χ3n) is 19.7. The first-order chi connectivity index (χ1) is 52.0. The summed E-state index contributed by atoms with van der Waals surface area (Å²) in [5.74, 6) is -1.58. The van der Waals surface area contributed by atoms with Crippen LogP contribution in [0.15, 0.2) is 82.5 Å². The fraction of sp³-hybridized carbons (Fsp3) is 0.581. The van der Waals surface area contributed by atoms with Crippen LogP contribution >= 0.6 is 11.6 Å². The molecule has 2 amide bonds. The lowest BCUT2D eigenvalue weighted by atomic mass is 9.68. The Hall–Kier alpha value is -8.67. The highest BCUT2D eigenvalue weighted by Gasteiger charge is 2.45. The first-order valence-electron chi connectivity index (χ1n) is 36.9. The Morgan fingerprint density at radius 2 is 1.28 bits per heavy atom. The van der Waals surface area contributed by atoms with E-state index in [1.807, 2.05) is 25.1 Å². The highest BCUT2D eigenvalue weighted by atomic mass is 35.5. The first kappa shape index (κ1) is 81.8. The summed E-state index contributed by atoms with van der Waals surface area (Å²) >= 11 is 6.49. The van der Waals surface area contributed by atoms with Crippen LogP contribution < -0.4 is 34.1 Å². The zero-order valence-electron chi connectivity index (χ0n) is 63.0. The molecule has 1 spiro atoms. The van der Waals surface area contributed by atoms with Gasteiger partial charge in [-0.15, -0.1) is 19.7 Å². The third-order valence-corrected chi connectivity index (χ3v) is 21.9. The van der Waals surface area contributed by atoms with Gasteiger partial charge in [-0.25, -0.2) is 18.6 Å². The molecule has 34 heteroatoms. The largest absolute Gasteiger partial charge is 0.490 e. The van der Waals surface area contributed by atoms with Gasteiger partial charge in [0, 0.05) is 148 Å². The number of aromatic nitrogens is 8. The fourth-order valence-corrected chi connectivity index (χ4v) is 16.2. The van der Waals surface area contributed by atoms with E-state index in [-0.39, 0.29) is 63.8 Å². The zero-order valence-corrected chi connectivity index (χ0v) is 64.6. The van der Waals surface area contributed by atoms with Crippen molar-refractivity contribution in [2.45, 2.75) is 70.8 Å². The van der Waals surface area contributed by atoms with Gasteiger partial charge in [-0.2, -0.15) is 0 Å². The van der Waals surface area contributed by atoms with Gasteiger partial charge in [0.15, 0.2) is 0 Å². The maximum atomic E-state index is 14.9. The van der Waals surface area contributed by atoms with Crippen LogP contribution in [0.3, 0.4) is 0 Å². The number of aryl methyl sites for hydroxylation is 5. The average Bonchev–Trinajstić information content (AvgIpc) is 1.47. The predicted molar refractivity (Wildman–Crippen MR) is 400 cm³/mol. The molecule has 0 radical (unpaired) electrons. The van der Waals surface area contributed by atoms with E-state index >= 15 is 0 Å². The molecule has 13 rings (SSSR count). The molecule has 2 bridgehead atoms. The number of nitrogens with zero attached hydrogens (tertiary/aromatic N) is 12. The van der Waals surface area contributed by atoms with Crippen molar-refractivity contribution < 1.29 is 80.7 Å². The van der Waals surface area contributed by atoms with Crippen molar-refractivity contribution in [1.82, 2.24) is 58.5 Å². The van der Waals surface area contributed by atoms with Gasteiger partial charge in [-0.3, -0.25) is 57.6 Å². The summed E-state index contributed by atoms with van der Waals surface area (Å²) in [5, 5.41) is 24.6. The number of carbonyl (C=O) groups excluding carboxylic acids is 4. The molecule has 108 heavy (non-hydrogen) atoms. The van der Waals surface area contributed by atoms with Gasteiger partial charge in [0.1, 0.15) is 57.7 Å². The van der Waals surface area contributed by atoms with Gasteiger partial charge in [0.25, 0.3) is 17.4 Å². The standard InChI is InChI=1S/C43H55ClN6O7S.C13H21N3O4.C11H17N3O4.C7H10N2O3/c1-29-6-4-8-38(54-3)34-12-9-32(34)24-50-27-43(15-5-7-30-22-33(44)11-13-36(30)43)28-57-39-14-10-31(23-37(39)50)40(51)46-58(53,26-29)47-41(52)35-25-48(2)45-42(35)56-21-18-49-16-19-55-20-17-49;1-3-19-13(17)11-10-15(2)14-12(11)20-9-6-16-4-7-18-8-5-16;1-13-8-9(11(15)16)10(12-13)18-7-4-14-2-5-17-6-3-14;1-3-12-7(11)5-4-9(2)8-6(5)10/h4,8,10-11,13-14,22-23,25,29,32,34,38H,5-7,9,12,15-21,24,26-28H2,1-3H3,(H,46,47,51,52,53);10H,3-9H2,1-2H3;8H,2-7H2,1H3,(H,15,16);4H,3H2,1-2H3,(H,8,10)/b8-4+;;;/t29-,32-,34+,38-,43-,58?;;;/m0.../s1. The smallest absolute Gasteiger partial charge is 0.345 e. The number of H-pyrrole nitrogens is 1. The molecule has 590 valence electrons. The number of allylic oxidation sites excluding steroid dienone is 1. The van der Waals surface area contributed by atoms with Crippen LogP contribution in [0, 0.1) is 17.8 Å². The molecule has 9 heterocycles. The van der Waals surface area contributed by atoms with E-state index in [2.05, 4.69) is 78.1 Å². The van der Waals surface area contributed by atoms with Crippen molar-refractivity contribution in [3.05, 3.63) is 128 Å². The highest BCUT2D eigenvalue weighted by Crippen LogP contribution is 2.47. The summed E-state index contributed by atoms with van der Waals surface area (Å²) in [6.07, 6.45) is 15.7. The number of fused-ring (bicyclic) bond motifs is 4. The van der Waals surface area contributed by atoms with Gasteiger partial charge in [0.2, 0.25) is 17.6 Å². The van der Waals surface area contributed by atoms with E-state index in [0.29, 0.717) is 94.8 Å². The maximum absolute atomic E-state index is 14.9. The van der Waals surface area contributed by atoms with Crippen molar-refractivity contribution >= 4 is 56.9 Å². The quantitative estimate of drug-likeness (QED) is 0.0593. The zero-order chi connectivity index (χ0) is 76.9. The molecule has 3 N–H and O–H groups in total. The van der Waals surface area contributed by atoms with Crippen molar-refractivity contribution in [2.75, 3.05) is 169 Å². The summed E-state index contributed by atoms with van der Waals surface area (Å²) in [6, 6.07) is 11.6. The molecular formula is C74H103ClN14O18S. The number of hydrogen-bond acceptors (Lipinski definition) is 24. The van der Waals surface area contributed by atoms with Crippen LogP contribution in [0.2, 0.25) is 5.02 Å². The average molecular weight is 1540 g/mol. The van der Waals surface area contributed by atoms with Crippen molar-refractivity contribution in [3.63, 3.8) is 0 Å². The monoisotopic (exact) mass is 1540 g/mol. The number of aromatic amines is 1. The second kappa shape index (κ2) is 39.1. The number of carbonyl (C=O) groups is 5. The van der Waals surface area contributed by atoms with Crippen LogP contribution in [0.1, 0.15) is 116 Å². The Morgan fingerprint density at radius 1 is 0.722 bits per heavy atom. The minimum absolute atomic E-state index is 0.0411. The van der Waals surface area contributed by atoms with Crippen LogP contribution in [0.5, 0.6) is 23.4 Å². The van der Waals surface area contributed by atoms with E-state index in [1.165, 1.54) is 43.8 Å². The number of rotatable bonds is 20. The number of benzene rings is 2. The van der Waals surface area contributed by atoms with E-state index in [1.54, 1.807) is 66.1 Å². The molecule has 2 aliphatic carbocycles. The Morgan fingerprint density at radius 3 is 1.81 bits per heavy atom. The number of carboxylic acids is 1. The number of halogens is 1. The number of nitrogens with one attached hydrogen (secondary N) is 2. The molecule has 5 aliphatic heterocycles. The second-order valence-corrected chi connectivity index (χ2v) is 30.1. The summed E-state index contributed by atoms with van der Waals surface area (Å²) in [7, 11) is 4.85. The molecule has 32 nitrogen and oxygen atoms in total. The van der Waals surface area contributed by atoms with Crippen molar-refractivity contribution in [1.29, 1.82) is 0 Å². The number of amides is 2. The van der Waals surface area contributed by atoms with E-state index in [0.717, 1.165) is 128 Å². The molecule has 6 aromatic rings. The minimum atomic E-state index is -3.65. The number of hydrogen-bond donors (Lipinski definition) is 3. The van der Waals surface area contributed by atoms with Crippen LogP contribution in [0.25, 0.3) is 0 Å². The third kappa shape index (κ3) is 22.3. The highest BCUT2D eigenvalue weighted by molar-refractivity contribution is 7.92. The first-order valence-corrected chi connectivity index (χ1v) is 38.9. The lowest BCUT2D eigenvalue weighted by Crippen LogP contribution is -2.49. The number of esters is 2. The summed E-state index contributed by atoms with van der Waals surface area (Å²) < 4.78 is 83.2. The van der Waals surface area contributed by atoms with Crippen LogP contribution in [-0.4, -0.2) is 263 Å². The van der Waals surface area contributed by atoms with Crippen molar-refractivity contribution in [3.8, 4) is 23.4 Å². The summed E-state index contributed by atoms with van der Waals surface area (Å²) in [6.45, 7) is 20.9. The molecule has 4 fully saturated rings. The number of morpholine rings is 3. The van der Waals surface area contributed by atoms with Crippen LogP contribution in [-0.2, 0) is 78.4 Å². The minimum Gasteiger partial charge on any atom is -0.490 e. The fourth-order valence-electron chi connectivity index (χ4n) is 14.1. The normalized spacial score (nSPS) is 22.7. The summed E-state index contributed by atoms with van der Waals surface area (Å²) in [4.78, 5) is 82.0. The molecule has 2 aromatic carbocycles. The second-order valence-electron chi connectivity index (χ2n) is 27.7. The molecular weight excluding hydrogens is 1440 g/mol. The Labute approximate surface area is 634 Å². The number of aromatic carboxylic acids is 1. The molecule has 6 atom stereocenters. The lowest BCUT2D eigenvalue weighted by molar-refractivity contribution is 0.0131. The van der Waals surface area contributed by atoms with Crippen LogP contribution in [0.4, 0.5) is 5.69 Å². The van der Waals surface area contributed by atoms with Gasteiger partial charge >= 0.3 is 17.9 Å². The Bertz CT molecular complexity index is 4240. The topological polar surface area (TPSA) is 344 Å². The van der Waals surface area contributed by atoms with E-state index in [9.17, 15) is 33.0 Å². The molecule has 1 saturated carbocycles.